The molecule has 0 spiro atoms. The van der Waals surface area contributed by atoms with Gasteiger partial charge in [0.2, 0.25) is 0 Å². The van der Waals surface area contributed by atoms with Gasteiger partial charge in [0.05, 0.1) is 14.2 Å². The Morgan fingerprint density at radius 2 is 1.73 bits per heavy atom. The second-order valence-electron chi connectivity index (χ2n) is 6.76. The average Bonchev–Trinajstić information content (AvgIpc) is 2.68. The van der Waals surface area contributed by atoms with E-state index in [1.165, 1.54) is 32.1 Å². The van der Waals surface area contributed by atoms with E-state index >= 15 is 0 Å². The molecule has 26 heavy (non-hydrogen) atoms. The maximum atomic E-state index is 11.8. The zero-order chi connectivity index (χ0) is 18.6. The van der Waals surface area contributed by atoms with E-state index in [-0.39, 0.29) is 6.03 Å². The van der Waals surface area contributed by atoms with Crippen LogP contribution in [0.2, 0.25) is 0 Å². The molecule has 0 saturated heterocycles. The van der Waals surface area contributed by atoms with Crippen molar-refractivity contribution in [1.82, 2.24) is 16.0 Å². The van der Waals surface area contributed by atoms with Crippen LogP contribution in [0.15, 0.2) is 18.2 Å². The molecule has 0 unspecified atom stereocenters. The summed E-state index contributed by atoms with van der Waals surface area (Å²) in [6.07, 6.45) is 8.37. The third kappa shape index (κ3) is 7.12. The van der Waals surface area contributed by atoms with Crippen LogP contribution in [0.4, 0.5) is 4.79 Å². The number of urea groups is 1. The number of benzene rings is 1. The zero-order valence-corrected chi connectivity index (χ0v) is 16.1. The normalized spacial score (nSPS) is 14.7. The molecule has 1 aliphatic carbocycles. The third-order valence-corrected chi connectivity index (χ3v) is 4.82. The Balaban J connectivity index is 1.54. The van der Waals surface area contributed by atoms with Gasteiger partial charge in [-0.3, -0.25) is 0 Å². The fourth-order valence-corrected chi connectivity index (χ4v) is 3.32. The first-order valence-electron chi connectivity index (χ1n) is 9.69. The standard InChI is InChI=1S/C20H33N3O3/c1-25-18-10-9-16(15-19(18)26-2)11-14-23-20(24)22-13-6-12-21-17-7-4-3-5-8-17/h9-10,15,17,21H,3-8,11-14H2,1-2H3,(H2,22,23,24). The number of methoxy groups -OCH3 is 2. The number of rotatable bonds is 10. The Bertz CT molecular complexity index is 545. The molecule has 2 rings (SSSR count). The molecule has 0 bridgehead atoms. The first-order valence-corrected chi connectivity index (χ1v) is 9.69. The van der Waals surface area contributed by atoms with E-state index in [2.05, 4.69) is 16.0 Å². The van der Waals surface area contributed by atoms with Gasteiger partial charge in [0, 0.05) is 19.1 Å². The van der Waals surface area contributed by atoms with E-state index in [0.29, 0.717) is 30.6 Å². The van der Waals surface area contributed by atoms with Crippen molar-refractivity contribution in [3.8, 4) is 11.5 Å². The fourth-order valence-electron chi connectivity index (χ4n) is 3.32. The van der Waals surface area contributed by atoms with Gasteiger partial charge >= 0.3 is 6.03 Å². The lowest BCUT2D eigenvalue weighted by molar-refractivity contribution is 0.240. The number of ether oxygens (including phenoxy) is 2. The Morgan fingerprint density at radius 1 is 1.00 bits per heavy atom. The van der Waals surface area contributed by atoms with Gasteiger partial charge in [0.25, 0.3) is 0 Å². The lowest BCUT2D eigenvalue weighted by Crippen LogP contribution is -2.38. The summed E-state index contributed by atoms with van der Waals surface area (Å²) in [4.78, 5) is 11.8. The highest BCUT2D eigenvalue weighted by molar-refractivity contribution is 5.73. The number of hydrogen-bond donors (Lipinski definition) is 3. The highest BCUT2D eigenvalue weighted by Crippen LogP contribution is 2.27. The van der Waals surface area contributed by atoms with E-state index in [4.69, 9.17) is 9.47 Å². The molecule has 0 radical (unpaired) electrons. The topological polar surface area (TPSA) is 71.6 Å². The van der Waals surface area contributed by atoms with Crippen molar-refractivity contribution < 1.29 is 14.3 Å². The van der Waals surface area contributed by atoms with Crippen LogP contribution >= 0.6 is 0 Å². The lowest BCUT2D eigenvalue weighted by atomic mass is 9.95. The molecule has 6 heteroatoms. The summed E-state index contributed by atoms with van der Waals surface area (Å²) in [6, 6.07) is 6.38. The van der Waals surface area contributed by atoms with Gasteiger partial charge in [0.1, 0.15) is 0 Å². The molecule has 1 fully saturated rings. The van der Waals surface area contributed by atoms with Crippen LogP contribution in [-0.4, -0.2) is 45.9 Å². The molecule has 0 aromatic heterocycles. The van der Waals surface area contributed by atoms with E-state index in [1.54, 1.807) is 14.2 Å². The number of carbonyl (C=O) groups is 1. The zero-order valence-electron chi connectivity index (χ0n) is 16.1. The summed E-state index contributed by atoms with van der Waals surface area (Å²) < 4.78 is 10.5. The van der Waals surface area contributed by atoms with Crippen LogP contribution in [-0.2, 0) is 6.42 Å². The third-order valence-electron chi connectivity index (χ3n) is 4.82. The molecule has 1 aromatic rings. The number of amides is 2. The summed E-state index contributed by atoms with van der Waals surface area (Å²) in [5, 5.41) is 9.39. The Hall–Kier alpha value is -1.95. The van der Waals surface area contributed by atoms with Crippen molar-refractivity contribution in [3.05, 3.63) is 23.8 Å². The molecular formula is C20H33N3O3. The molecule has 0 heterocycles. The van der Waals surface area contributed by atoms with Crippen LogP contribution < -0.4 is 25.4 Å². The first-order chi connectivity index (χ1) is 12.7. The van der Waals surface area contributed by atoms with E-state index < -0.39 is 0 Å². The maximum absolute atomic E-state index is 11.8. The van der Waals surface area contributed by atoms with Gasteiger partial charge in [-0.15, -0.1) is 0 Å². The van der Waals surface area contributed by atoms with Gasteiger partial charge in [0.15, 0.2) is 11.5 Å². The van der Waals surface area contributed by atoms with Crippen LogP contribution in [0, 0.1) is 0 Å². The minimum absolute atomic E-state index is 0.108. The summed E-state index contributed by atoms with van der Waals surface area (Å²) in [5.41, 5.74) is 1.10. The lowest BCUT2D eigenvalue weighted by Gasteiger charge is -2.22. The van der Waals surface area contributed by atoms with Crippen LogP contribution in [0.3, 0.4) is 0 Å². The molecule has 1 aromatic carbocycles. The summed E-state index contributed by atoms with van der Waals surface area (Å²) in [6.45, 7) is 2.25. The largest absolute Gasteiger partial charge is 0.493 e. The average molecular weight is 364 g/mol. The van der Waals surface area contributed by atoms with Gasteiger partial charge in [-0.1, -0.05) is 25.3 Å². The first kappa shape index (κ1) is 20.4. The molecule has 1 aliphatic rings. The second-order valence-corrected chi connectivity index (χ2v) is 6.76. The Labute approximate surface area is 157 Å². The summed E-state index contributed by atoms with van der Waals surface area (Å²) >= 11 is 0. The van der Waals surface area contributed by atoms with Crippen LogP contribution in [0.25, 0.3) is 0 Å². The summed E-state index contributed by atoms with van der Waals surface area (Å²) in [7, 11) is 3.24. The highest BCUT2D eigenvalue weighted by atomic mass is 16.5. The van der Waals surface area contributed by atoms with Gasteiger partial charge in [-0.2, -0.15) is 0 Å². The van der Waals surface area contributed by atoms with Gasteiger partial charge < -0.3 is 25.4 Å². The van der Waals surface area contributed by atoms with Crippen molar-refractivity contribution in [3.63, 3.8) is 0 Å². The molecule has 146 valence electrons. The second kappa shape index (κ2) is 11.6. The van der Waals surface area contributed by atoms with Crippen LogP contribution in [0.5, 0.6) is 11.5 Å². The Morgan fingerprint density at radius 3 is 2.46 bits per heavy atom. The maximum Gasteiger partial charge on any atom is 0.314 e. The van der Waals surface area contributed by atoms with Crippen LogP contribution in [0.1, 0.15) is 44.1 Å². The monoisotopic (exact) mass is 363 g/mol. The quantitative estimate of drug-likeness (QED) is 0.559. The van der Waals surface area contributed by atoms with E-state index in [9.17, 15) is 4.79 Å². The number of hydrogen-bond acceptors (Lipinski definition) is 4. The predicted molar refractivity (Wildman–Crippen MR) is 104 cm³/mol. The molecule has 3 N–H and O–H groups in total. The van der Waals surface area contributed by atoms with Crippen molar-refractivity contribution >= 4 is 6.03 Å². The minimum atomic E-state index is -0.108. The Kier molecular flexibility index (Phi) is 9.10. The predicted octanol–water partition coefficient (Wildman–Crippen LogP) is 2.86. The van der Waals surface area contributed by atoms with Crippen molar-refractivity contribution in [2.75, 3.05) is 33.9 Å². The van der Waals surface area contributed by atoms with Crippen molar-refractivity contribution in [1.29, 1.82) is 0 Å². The highest BCUT2D eigenvalue weighted by Gasteiger charge is 2.11. The molecule has 6 nitrogen and oxygen atoms in total. The van der Waals surface area contributed by atoms with Gasteiger partial charge in [-0.05, 0) is 49.9 Å². The van der Waals surface area contributed by atoms with E-state index in [0.717, 1.165) is 24.9 Å². The molecular weight excluding hydrogens is 330 g/mol. The molecule has 0 aliphatic heterocycles. The van der Waals surface area contributed by atoms with E-state index in [1.807, 2.05) is 18.2 Å². The number of nitrogens with one attached hydrogen (secondary N) is 3. The summed E-state index contributed by atoms with van der Waals surface area (Å²) in [5.74, 6) is 1.42. The smallest absolute Gasteiger partial charge is 0.314 e. The van der Waals surface area contributed by atoms with Gasteiger partial charge in [-0.25, -0.2) is 4.79 Å². The molecule has 2 amide bonds. The van der Waals surface area contributed by atoms with Crippen molar-refractivity contribution in [2.45, 2.75) is 51.0 Å². The fraction of sp³-hybridized carbons (Fsp3) is 0.650. The molecule has 0 atom stereocenters. The van der Waals surface area contributed by atoms with Crippen molar-refractivity contribution in [2.24, 2.45) is 0 Å². The minimum Gasteiger partial charge on any atom is -0.493 e. The molecule has 1 saturated carbocycles. The number of carbonyl (C=O) groups excluding carboxylic acids is 1. The SMILES string of the molecule is COc1ccc(CCNC(=O)NCCCNC2CCCCC2)cc1OC.